The lowest BCUT2D eigenvalue weighted by atomic mass is 10.0. The molecule has 0 amide bonds. The number of nitrogens with zero attached hydrogens (tertiary/aromatic N) is 2. The maximum absolute atomic E-state index is 9.75. The second-order valence-corrected chi connectivity index (χ2v) is 3.73. The van der Waals surface area contributed by atoms with E-state index in [0.717, 1.165) is 0 Å². The van der Waals surface area contributed by atoms with E-state index in [1.54, 1.807) is 18.2 Å². The average molecular weight is 235 g/mol. The topological polar surface area (TPSA) is 112 Å². The molecule has 2 rings (SSSR count). The predicted octanol–water partition coefficient (Wildman–Crippen LogP) is -0.401. The monoisotopic (exact) mass is 235 g/mol. The van der Waals surface area contributed by atoms with Crippen LogP contribution >= 0.6 is 0 Å². The molecule has 6 nitrogen and oxygen atoms in total. The molecule has 0 fully saturated rings. The summed E-state index contributed by atoms with van der Waals surface area (Å²) >= 11 is 0. The number of fused-ring (bicyclic) bond motifs is 1. The minimum Gasteiger partial charge on any atom is -0.394 e. The molecule has 1 aromatic carbocycles. The number of nitrogen functional groups attached to an aromatic ring is 1. The first-order valence-electron chi connectivity index (χ1n) is 5.10. The molecule has 0 aliphatic heterocycles. The fourth-order valence-corrected chi connectivity index (χ4v) is 1.60. The highest BCUT2D eigenvalue weighted by Crippen LogP contribution is 2.23. The van der Waals surface area contributed by atoms with Crippen LogP contribution in [0.25, 0.3) is 10.9 Å². The summed E-state index contributed by atoms with van der Waals surface area (Å²) < 4.78 is 0. The van der Waals surface area contributed by atoms with Crippen LogP contribution in [0.4, 0.5) is 5.82 Å². The van der Waals surface area contributed by atoms with Gasteiger partial charge in [-0.15, -0.1) is 0 Å². The van der Waals surface area contributed by atoms with Gasteiger partial charge in [0.25, 0.3) is 0 Å². The van der Waals surface area contributed by atoms with Gasteiger partial charge in [0, 0.05) is 5.39 Å². The number of benzene rings is 1. The SMILES string of the molecule is Nc1ncnc2ccc(C(O)C(O)CO)cc12. The predicted molar refractivity (Wildman–Crippen MR) is 62.0 cm³/mol. The molecule has 1 aromatic heterocycles. The van der Waals surface area contributed by atoms with Crippen LogP contribution in [-0.4, -0.2) is 38.0 Å². The van der Waals surface area contributed by atoms with Crippen molar-refractivity contribution in [3.63, 3.8) is 0 Å². The summed E-state index contributed by atoms with van der Waals surface area (Å²) in [4.78, 5) is 7.87. The minimum absolute atomic E-state index is 0.308. The summed E-state index contributed by atoms with van der Waals surface area (Å²) in [5.41, 5.74) is 6.81. The van der Waals surface area contributed by atoms with E-state index >= 15 is 0 Å². The van der Waals surface area contributed by atoms with E-state index in [4.69, 9.17) is 10.8 Å². The standard InChI is InChI=1S/C11H13N3O3/c12-11-7-3-6(10(17)9(16)4-15)1-2-8(7)13-5-14-11/h1-3,5,9-10,15-17H,4H2,(H2,12,13,14). The van der Waals surface area contributed by atoms with Crippen molar-refractivity contribution in [2.45, 2.75) is 12.2 Å². The third-order valence-electron chi connectivity index (χ3n) is 2.58. The number of hydrogen-bond donors (Lipinski definition) is 4. The van der Waals surface area contributed by atoms with Crippen molar-refractivity contribution in [1.82, 2.24) is 9.97 Å². The Morgan fingerprint density at radius 3 is 2.71 bits per heavy atom. The van der Waals surface area contributed by atoms with Crippen molar-refractivity contribution < 1.29 is 15.3 Å². The van der Waals surface area contributed by atoms with Crippen LogP contribution in [-0.2, 0) is 0 Å². The zero-order chi connectivity index (χ0) is 12.4. The summed E-state index contributed by atoms with van der Waals surface area (Å²) in [5, 5.41) is 28.5. The second-order valence-electron chi connectivity index (χ2n) is 3.73. The van der Waals surface area contributed by atoms with E-state index in [9.17, 15) is 10.2 Å². The van der Waals surface area contributed by atoms with E-state index < -0.39 is 18.8 Å². The molecule has 2 unspecified atom stereocenters. The van der Waals surface area contributed by atoms with Gasteiger partial charge in [-0.2, -0.15) is 0 Å². The van der Waals surface area contributed by atoms with Gasteiger partial charge < -0.3 is 21.1 Å². The number of aliphatic hydroxyl groups is 3. The lowest BCUT2D eigenvalue weighted by Gasteiger charge is -2.16. The maximum Gasteiger partial charge on any atom is 0.134 e. The van der Waals surface area contributed by atoms with E-state index in [2.05, 4.69) is 9.97 Å². The lowest BCUT2D eigenvalue weighted by Crippen LogP contribution is -2.22. The van der Waals surface area contributed by atoms with E-state index in [0.29, 0.717) is 22.3 Å². The van der Waals surface area contributed by atoms with Crippen LogP contribution in [0.3, 0.4) is 0 Å². The molecule has 1 heterocycles. The fraction of sp³-hybridized carbons (Fsp3) is 0.273. The molecule has 0 saturated heterocycles. The third kappa shape index (κ3) is 2.19. The molecule has 0 aliphatic rings. The van der Waals surface area contributed by atoms with E-state index in [1.165, 1.54) is 6.33 Å². The van der Waals surface area contributed by atoms with Gasteiger partial charge in [0.05, 0.1) is 12.1 Å². The minimum atomic E-state index is -1.22. The Bertz CT molecular complexity index is 532. The average Bonchev–Trinajstić information content (AvgIpc) is 2.37. The smallest absolute Gasteiger partial charge is 0.134 e. The molecular formula is C11H13N3O3. The molecule has 2 atom stereocenters. The van der Waals surface area contributed by atoms with Crippen LogP contribution in [0.5, 0.6) is 0 Å². The van der Waals surface area contributed by atoms with Crippen molar-refractivity contribution in [3.05, 3.63) is 30.1 Å². The quantitative estimate of drug-likeness (QED) is 0.575. The fourth-order valence-electron chi connectivity index (χ4n) is 1.60. The molecular weight excluding hydrogens is 222 g/mol. The Morgan fingerprint density at radius 1 is 1.24 bits per heavy atom. The Labute approximate surface area is 97.4 Å². The maximum atomic E-state index is 9.75. The number of anilines is 1. The van der Waals surface area contributed by atoms with Gasteiger partial charge in [-0.3, -0.25) is 0 Å². The third-order valence-corrected chi connectivity index (χ3v) is 2.58. The highest BCUT2D eigenvalue weighted by molar-refractivity contribution is 5.88. The molecule has 2 aromatic rings. The van der Waals surface area contributed by atoms with Crippen LogP contribution in [0.1, 0.15) is 11.7 Å². The van der Waals surface area contributed by atoms with Gasteiger partial charge in [-0.05, 0) is 17.7 Å². The number of aliphatic hydroxyl groups excluding tert-OH is 3. The number of rotatable bonds is 3. The van der Waals surface area contributed by atoms with Crippen molar-refractivity contribution >= 4 is 16.7 Å². The van der Waals surface area contributed by atoms with Gasteiger partial charge in [-0.1, -0.05) is 6.07 Å². The summed E-state index contributed by atoms with van der Waals surface area (Å²) in [5.74, 6) is 0.308. The summed E-state index contributed by atoms with van der Waals surface area (Å²) in [6, 6.07) is 4.91. The first-order valence-corrected chi connectivity index (χ1v) is 5.10. The van der Waals surface area contributed by atoms with Gasteiger partial charge in [0.1, 0.15) is 24.4 Å². The largest absolute Gasteiger partial charge is 0.394 e. The van der Waals surface area contributed by atoms with Crippen molar-refractivity contribution in [2.75, 3.05) is 12.3 Å². The van der Waals surface area contributed by atoms with Crippen LogP contribution in [0.2, 0.25) is 0 Å². The van der Waals surface area contributed by atoms with Gasteiger partial charge in [0.2, 0.25) is 0 Å². The van der Waals surface area contributed by atoms with E-state index in [1.807, 2.05) is 0 Å². The van der Waals surface area contributed by atoms with Gasteiger partial charge in [0.15, 0.2) is 0 Å². The first-order chi connectivity index (χ1) is 8.13. The molecule has 0 bridgehead atoms. The molecule has 0 aliphatic carbocycles. The molecule has 0 radical (unpaired) electrons. The first kappa shape index (κ1) is 11.7. The molecule has 90 valence electrons. The summed E-state index contributed by atoms with van der Waals surface area (Å²) in [6.07, 6.45) is -1.03. The van der Waals surface area contributed by atoms with Gasteiger partial charge >= 0.3 is 0 Å². The molecule has 5 N–H and O–H groups in total. The van der Waals surface area contributed by atoms with Crippen molar-refractivity contribution in [1.29, 1.82) is 0 Å². The summed E-state index contributed by atoms with van der Waals surface area (Å²) in [7, 11) is 0. The van der Waals surface area contributed by atoms with Crippen LogP contribution < -0.4 is 5.73 Å². The highest BCUT2D eigenvalue weighted by atomic mass is 16.4. The normalized spacial score (nSPS) is 14.8. The Kier molecular flexibility index (Phi) is 3.19. The molecule has 0 saturated carbocycles. The van der Waals surface area contributed by atoms with E-state index in [-0.39, 0.29) is 0 Å². The highest BCUT2D eigenvalue weighted by Gasteiger charge is 2.18. The lowest BCUT2D eigenvalue weighted by molar-refractivity contribution is -0.0152. The van der Waals surface area contributed by atoms with Crippen LogP contribution in [0, 0.1) is 0 Å². The van der Waals surface area contributed by atoms with Crippen LogP contribution in [0.15, 0.2) is 24.5 Å². The zero-order valence-corrected chi connectivity index (χ0v) is 8.98. The van der Waals surface area contributed by atoms with Crippen molar-refractivity contribution in [2.24, 2.45) is 0 Å². The molecule has 6 heteroatoms. The Hall–Kier alpha value is -1.76. The summed E-state index contributed by atoms with van der Waals surface area (Å²) in [6.45, 7) is -0.514. The Morgan fingerprint density at radius 2 is 2.00 bits per heavy atom. The number of aromatic nitrogens is 2. The number of nitrogens with two attached hydrogens (primary N) is 1. The molecule has 0 spiro atoms. The Balaban J connectivity index is 2.47. The molecule has 17 heavy (non-hydrogen) atoms. The van der Waals surface area contributed by atoms with Crippen molar-refractivity contribution in [3.8, 4) is 0 Å². The second kappa shape index (κ2) is 4.62. The van der Waals surface area contributed by atoms with Gasteiger partial charge in [-0.25, -0.2) is 9.97 Å². The zero-order valence-electron chi connectivity index (χ0n) is 8.98. The number of hydrogen-bond acceptors (Lipinski definition) is 6.